The summed E-state index contributed by atoms with van der Waals surface area (Å²) in [7, 11) is -4.23. The molecule has 0 bridgehead atoms. The molecular formula is C7H14O5S. The van der Waals surface area contributed by atoms with E-state index in [2.05, 4.69) is 0 Å². The number of hydrogen-bond acceptors (Lipinski definition) is 3. The number of rotatable bonds is 5. The molecule has 0 spiro atoms. The van der Waals surface area contributed by atoms with Crippen LogP contribution in [0.1, 0.15) is 26.7 Å². The highest BCUT2D eigenvalue weighted by atomic mass is 32.2. The monoisotopic (exact) mass is 210 g/mol. The second-order valence-electron chi connectivity index (χ2n) is 3.02. The van der Waals surface area contributed by atoms with Crippen LogP contribution in [0.5, 0.6) is 0 Å². The SMILES string of the molecule is CCC(CC)(CS(=O)(=O)O)C(=O)O. The van der Waals surface area contributed by atoms with Gasteiger partial charge in [0, 0.05) is 0 Å². The minimum atomic E-state index is -4.23. The molecule has 0 aromatic heterocycles. The summed E-state index contributed by atoms with van der Waals surface area (Å²) in [5.41, 5.74) is -1.35. The first-order chi connectivity index (χ1) is 5.77. The number of carboxylic acid groups (broad SMARTS) is 1. The van der Waals surface area contributed by atoms with E-state index in [1.54, 1.807) is 13.8 Å². The molecule has 0 saturated heterocycles. The van der Waals surface area contributed by atoms with Crippen LogP contribution in [0, 0.1) is 5.41 Å². The number of hydrogen-bond donors (Lipinski definition) is 2. The van der Waals surface area contributed by atoms with E-state index in [4.69, 9.17) is 9.66 Å². The quantitative estimate of drug-likeness (QED) is 0.654. The van der Waals surface area contributed by atoms with E-state index >= 15 is 0 Å². The topological polar surface area (TPSA) is 91.7 Å². The summed E-state index contributed by atoms with van der Waals surface area (Å²) in [6.45, 7) is 3.17. The lowest BCUT2D eigenvalue weighted by molar-refractivity contribution is -0.148. The van der Waals surface area contributed by atoms with Crippen molar-refractivity contribution in [3.05, 3.63) is 0 Å². The molecule has 0 radical (unpaired) electrons. The van der Waals surface area contributed by atoms with Gasteiger partial charge in [0.05, 0.1) is 11.2 Å². The maximum Gasteiger partial charge on any atom is 0.310 e. The molecule has 0 fully saturated rings. The molecule has 2 N–H and O–H groups in total. The van der Waals surface area contributed by atoms with Crippen molar-refractivity contribution in [2.24, 2.45) is 5.41 Å². The van der Waals surface area contributed by atoms with Crippen molar-refractivity contribution in [1.82, 2.24) is 0 Å². The Kier molecular flexibility index (Phi) is 3.87. The zero-order valence-electron chi connectivity index (χ0n) is 7.65. The zero-order valence-corrected chi connectivity index (χ0v) is 8.47. The molecule has 0 amide bonds. The minimum absolute atomic E-state index is 0.179. The third-order valence-corrected chi connectivity index (χ3v) is 3.18. The normalized spacial score (nSPS) is 12.8. The lowest BCUT2D eigenvalue weighted by Gasteiger charge is -2.24. The Balaban J connectivity index is 4.90. The molecule has 0 aliphatic heterocycles. The van der Waals surface area contributed by atoms with Gasteiger partial charge in [-0.1, -0.05) is 13.8 Å². The standard InChI is InChI=1S/C7H14O5S/c1-3-7(4-2,6(8)9)5-13(10,11)12/h3-5H2,1-2H3,(H,8,9)(H,10,11,12). The largest absolute Gasteiger partial charge is 0.481 e. The maximum atomic E-state index is 10.8. The summed E-state index contributed by atoms with van der Waals surface area (Å²) in [6.07, 6.45) is 0.358. The first-order valence-corrected chi connectivity index (χ1v) is 5.57. The Bertz CT molecular complexity index is 275. The Morgan fingerprint density at radius 1 is 1.31 bits per heavy atom. The van der Waals surface area contributed by atoms with E-state index in [0.717, 1.165) is 0 Å². The van der Waals surface area contributed by atoms with Crippen LogP contribution in [0.15, 0.2) is 0 Å². The van der Waals surface area contributed by atoms with Crippen LogP contribution in [0.4, 0.5) is 0 Å². The first kappa shape index (κ1) is 12.4. The second-order valence-corrected chi connectivity index (χ2v) is 4.47. The molecule has 6 heteroatoms. The summed E-state index contributed by atoms with van der Waals surface area (Å²) in [4.78, 5) is 10.8. The highest BCUT2D eigenvalue weighted by Gasteiger charge is 2.38. The first-order valence-electron chi connectivity index (χ1n) is 3.96. The number of carbonyl (C=O) groups is 1. The summed E-state index contributed by atoms with van der Waals surface area (Å²) in [5.74, 6) is -1.90. The summed E-state index contributed by atoms with van der Waals surface area (Å²) in [6, 6.07) is 0. The van der Waals surface area contributed by atoms with E-state index in [-0.39, 0.29) is 12.8 Å². The molecule has 0 aliphatic rings. The molecule has 0 rings (SSSR count). The fraction of sp³-hybridized carbons (Fsp3) is 0.857. The smallest absolute Gasteiger partial charge is 0.310 e. The van der Waals surface area contributed by atoms with Gasteiger partial charge in [-0.2, -0.15) is 8.42 Å². The average molecular weight is 210 g/mol. The van der Waals surface area contributed by atoms with E-state index in [9.17, 15) is 13.2 Å². The van der Waals surface area contributed by atoms with Gasteiger partial charge in [-0.25, -0.2) is 0 Å². The van der Waals surface area contributed by atoms with E-state index in [0.29, 0.717) is 0 Å². The summed E-state index contributed by atoms with van der Waals surface area (Å²) in [5, 5.41) is 8.81. The fourth-order valence-corrected chi connectivity index (χ4v) is 2.40. The van der Waals surface area contributed by atoms with Crippen LogP contribution in [-0.4, -0.2) is 29.8 Å². The van der Waals surface area contributed by atoms with Crippen molar-refractivity contribution in [3.63, 3.8) is 0 Å². The molecule has 13 heavy (non-hydrogen) atoms. The van der Waals surface area contributed by atoms with Crippen molar-refractivity contribution in [1.29, 1.82) is 0 Å². The molecule has 0 atom stereocenters. The van der Waals surface area contributed by atoms with Gasteiger partial charge in [0.1, 0.15) is 0 Å². The van der Waals surface area contributed by atoms with E-state index < -0.39 is 27.3 Å². The lowest BCUT2D eigenvalue weighted by atomic mass is 9.85. The number of aliphatic carboxylic acids is 1. The molecule has 0 heterocycles. The van der Waals surface area contributed by atoms with Crippen molar-refractivity contribution in [3.8, 4) is 0 Å². The third-order valence-electron chi connectivity index (χ3n) is 2.27. The molecule has 0 aromatic rings. The maximum absolute atomic E-state index is 10.8. The highest BCUT2D eigenvalue weighted by Crippen LogP contribution is 2.28. The molecule has 0 unspecified atom stereocenters. The molecule has 0 aliphatic carbocycles. The van der Waals surface area contributed by atoms with Crippen LogP contribution < -0.4 is 0 Å². The highest BCUT2D eigenvalue weighted by molar-refractivity contribution is 7.85. The predicted octanol–water partition coefficient (Wildman–Crippen LogP) is 0.765. The van der Waals surface area contributed by atoms with Crippen LogP contribution >= 0.6 is 0 Å². The third kappa shape index (κ3) is 3.31. The van der Waals surface area contributed by atoms with E-state index in [1.807, 2.05) is 0 Å². The van der Waals surface area contributed by atoms with Gasteiger partial charge in [-0.15, -0.1) is 0 Å². The molecule has 5 nitrogen and oxygen atoms in total. The van der Waals surface area contributed by atoms with Crippen LogP contribution in [0.3, 0.4) is 0 Å². The van der Waals surface area contributed by atoms with Gasteiger partial charge >= 0.3 is 5.97 Å². The predicted molar refractivity (Wildman–Crippen MR) is 47.1 cm³/mol. The average Bonchev–Trinajstić information content (AvgIpc) is 1.98. The summed E-state index contributed by atoms with van der Waals surface area (Å²) < 4.78 is 29.7. The zero-order chi connectivity index (χ0) is 10.7. The van der Waals surface area contributed by atoms with Crippen molar-refractivity contribution in [2.75, 3.05) is 5.75 Å². The Labute approximate surface area is 77.5 Å². The van der Waals surface area contributed by atoms with Gasteiger partial charge in [-0.3, -0.25) is 9.35 Å². The van der Waals surface area contributed by atoms with Crippen molar-refractivity contribution < 1.29 is 22.9 Å². The Hall–Kier alpha value is -0.620. The van der Waals surface area contributed by atoms with Gasteiger partial charge < -0.3 is 5.11 Å². The van der Waals surface area contributed by atoms with E-state index in [1.165, 1.54) is 0 Å². The number of carboxylic acids is 1. The lowest BCUT2D eigenvalue weighted by Crippen LogP contribution is -2.36. The van der Waals surface area contributed by atoms with Gasteiger partial charge in [0.2, 0.25) is 0 Å². The second kappa shape index (κ2) is 4.06. The Morgan fingerprint density at radius 3 is 1.77 bits per heavy atom. The molecule has 0 aromatic carbocycles. The van der Waals surface area contributed by atoms with Crippen LogP contribution in [0.2, 0.25) is 0 Å². The van der Waals surface area contributed by atoms with Crippen LogP contribution in [-0.2, 0) is 14.9 Å². The van der Waals surface area contributed by atoms with Crippen molar-refractivity contribution in [2.45, 2.75) is 26.7 Å². The fourth-order valence-electron chi connectivity index (χ4n) is 1.17. The van der Waals surface area contributed by atoms with Gasteiger partial charge in [-0.05, 0) is 12.8 Å². The molecule has 0 saturated carbocycles. The van der Waals surface area contributed by atoms with Gasteiger partial charge in [0.25, 0.3) is 10.1 Å². The van der Waals surface area contributed by atoms with Crippen LogP contribution in [0.25, 0.3) is 0 Å². The summed E-state index contributed by atoms with van der Waals surface area (Å²) >= 11 is 0. The molecular weight excluding hydrogens is 196 g/mol. The molecule has 78 valence electrons. The Morgan fingerprint density at radius 2 is 1.69 bits per heavy atom. The van der Waals surface area contributed by atoms with Gasteiger partial charge in [0.15, 0.2) is 0 Å². The van der Waals surface area contributed by atoms with Crippen molar-refractivity contribution >= 4 is 16.1 Å². The minimum Gasteiger partial charge on any atom is -0.481 e.